The van der Waals surface area contributed by atoms with Gasteiger partial charge in [-0.25, -0.2) is 4.79 Å². The first-order valence-electron chi connectivity index (χ1n) is 10.2. The average Bonchev–Trinajstić information content (AvgIpc) is 3.21. The molecule has 0 bridgehead atoms. The van der Waals surface area contributed by atoms with Crippen molar-refractivity contribution in [2.75, 3.05) is 11.9 Å². The molecule has 2 N–H and O–H groups in total. The van der Waals surface area contributed by atoms with Crippen LogP contribution in [0, 0.1) is 5.92 Å². The molecule has 0 radical (unpaired) electrons. The number of carbonyl (C=O) groups is 3. The number of nitrogens with zero attached hydrogens (tertiary/aromatic N) is 3. The summed E-state index contributed by atoms with van der Waals surface area (Å²) in [5.74, 6) is -0.102. The van der Waals surface area contributed by atoms with E-state index in [-0.39, 0.29) is 12.5 Å². The smallest absolute Gasteiger partial charge is 0.323 e. The zero-order chi connectivity index (χ0) is 20.1. The maximum Gasteiger partial charge on any atom is 0.325 e. The molecule has 2 aliphatic rings. The number of nitrogens with one attached hydrogen (secondary N) is 2. The van der Waals surface area contributed by atoms with Crippen molar-refractivity contribution >= 4 is 34.3 Å². The molecule has 1 aliphatic carbocycles. The fourth-order valence-electron chi connectivity index (χ4n) is 3.97. The average molecular weight is 408 g/mol. The normalized spacial score (nSPS) is 24.6. The summed E-state index contributed by atoms with van der Waals surface area (Å²) in [5, 5.41) is 14.9. The number of unbranched alkanes of at least 4 members (excludes halogenated alkanes) is 2. The zero-order valence-corrected chi connectivity index (χ0v) is 17.4. The third kappa shape index (κ3) is 4.51. The van der Waals surface area contributed by atoms with Crippen LogP contribution >= 0.6 is 11.3 Å². The van der Waals surface area contributed by atoms with E-state index in [4.69, 9.17) is 0 Å². The second-order valence-corrected chi connectivity index (χ2v) is 8.82. The summed E-state index contributed by atoms with van der Waals surface area (Å²) in [6.07, 6.45) is 8.38. The van der Waals surface area contributed by atoms with Gasteiger partial charge in [0.05, 0.1) is 0 Å². The van der Waals surface area contributed by atoms with Gasteiger partial charge in [-0.2, -0.15) is 0 Å². The highest BCUT2D eigenvalue weighted by Crippen LogP contribution is 2.37. The number of anilines is 1. The minimum absolute atomic E-state index is 0.278. The number of rotatable bonds is 8. The van der Waals surface area contributed by atoms with E-state index in [1.807, 2.05) is 0 Å². The van der Waals surface area contributed by atoms with Crippen LogP contribution in [0.2, 0.25) is 0 Å². The molecular formula is C19H29N5O3S. The van der Waals surface area contributed by atoms with Crippen molar-refractivity contribution in [2.45, 2.75) is 77.2 Å². The molecule has 1 saturated carbocycles. The molecule has 4 amide bonds. The van der Waals surface area contributed by atoms with Gasteiger partial charge in [-0.3, -0.25) is 19.8 Å². The SMILES string of the molecule is CCCCCc1nnc(NC(=O)CN2C(=O)NC3(CCC(CC)CC3)C2=O)s1. The van der Waals surface area contributed by atoms with E-state index in [1.54, 1.807) is 0 Å². The van der Waals surface area contributed by atoms with Crippen LogP contribution < -0.4 is 10.6 Å². The molecule has 154 valence electrons. The Bertz CT molecular complexity index is 727. The van der Waals surface area contributed by atoms with Crippen molar-refractivity contribution in [3.05, 3.63) is 5.01 Å². The molecule has 1 aromatic rings. The Labute approximate surface area is 169 Å². The number of aryl methyl sites for hydroxylation is 1. The lowest BCUT2D eigenvalue weighted by molar-refractivity contribution is -0.135. The largest absolute Gasteiger partial charge is 0.325 e. The fraction of sp³-hybridized carbons (Fsp3) is 0.737. The maximum absolute atomic E-state index is 12.9. The van der Waals surface area contributed by atoms with E-state index in [0.717, 1.165) is 54.9 Å². The first kappa shape index (κ1) is 20.7. The number of hydrogen-bond donors (Lipinski definition) is 2. The van der Waals surface area contributed by atoms with Crippen molar-refractivity contribution in [3.8, 4) is 0 Å². The molecule has 2 fully saturated rings. The van der Waals surface area contributed by atoms with Crippen molar-refractivity contribution < 1.29 is 14.4 Å². The van der Waals surface area contributed by atoms with Crippen molar-refractivity contribution in [2.24, 2.45) is 5.92 Å². The Balaban J connectivity index is 1.54. The molecule has 9 heteroatoms. The van der Waals surface area contributed by atoms with Crippen LogP contribution in [0.25, 0.3) is 0 Å². The standard InChI is InChI=1S/C19H29N5O3S/c1-3-5-6-7-15-22-23-17(28-15)20-14(25)12-24-16(26)19(21-18(24)27)10-8-13(4-2)9-11-19/h13H,3-12H2,1-2H3,(H,21,27)(H,20,23,25). The van der Waals surface area contributed by atoms with Crippen molar-refractivity contribution in [1.29, 1.82) is 0 Å². The van der Waals surface area contributed by atoms with E-state index >= 15 is 0 Å². The summed E-state index contributed by atoms with van der Waals surface area (Å²) >= 11 is 1.34. The lowest BCUT2D eigenvalue weighted by Gasteiger charge is -2.34. The van der Waals surface area contributed by atoms with Gasteiger partial charge in [0.25, 0.3) is 5.91 Å². The lowest BCUT2D eigenvalue weighted by Crippen LogP contribution is -2.49. The number of imide groups is 1. The van der Waals surface area contributed by atoms with Crippen molar-refractivity contribution in [3.63, 3.8) is 0 Å². The molecule has 28 heavy (non-hydrogen) atoms. The van der Waals surface area contributed by atoms with Crippen LogP contribution in [0.1, 0.15) is 70.2 Å². The van der Waals surface area contributed by atoms with E-state index in [0.29, 0.717) is 23.9 Å². The number of aromatic nitrogens is 2. The van der Waals surface area contributed by atoms with Gasteiger partial charge in [0.2, 0.25) is 11.0 Å². The van der Waals surface area contributed by atoms with Crippen LogP contribution in [0.5, 0.6) is 0 Å². The Morgan fingerprint density at radius 1 is 1.25 bits per heavy atom. The Morgan fingerprint density at radius 3 is 2.68 bits per heavy atom. The molecule has 1 spiro atoms. The van der Waals surface area contributed by atoms with E-state index in [1.165, 1.54) is 11.3 Å². The van der Waals surface area contributed by atoms with E-state index in [9.17, 15) is 14.4 Å². The molecule has 0 unspecified atom stereocenters. The molecule has 1 saturated heterocycles. The molecule has 1 aromatic heterocycles. The Kier molecular flexibility index (Phi) is 6.64. The number of urea groups is 1. The Morgan fingerprint density at radius 2 is 2.00 bits per heavy atom. The van der Waals surface area contributed by atoms with Gasteiger partial charge in [0.15, 0.2) is 0 Å². The maximum atomic E-state index is 12.9. The molecule has 0 aromatic carbocycles. The molecule has 8 nitrogen and oxygen atoms in total. The first-order chi connectivity index (χ1) is 13.5. The Hall–Kier alpha value is -2.03. The third-order valence-corrected chi connectivity index (χ3v) is 6.69. The first-order valence-corrected chi connectivity index (χ1v) is 11.1. The number of amides is 4. The fourth-order valence-corrected chi connectivity index (χ4v) is 4.77. The van der Waals surface area contributed by atoms with Crippen molar-refractivity contribution in [1.82, 2.24) is 20.4 Å². The van der Waals surface area contributed by atoms with Gasteiger partial charge >= 0.3 is 6.03 Å². The number of hydrogen-bond acceptors (Lipinski definition) is 6. The minimum atomic E-state index is -0.821. The summed E-state index contributed by atoms with van der Waals surface area (Å²) < 4.78 is 0. The minimum Gasteiger partial charge on any atom is -0.323 e. The second kappa shape index (κ2) is 8.98. The highest BCUT2D eigenvalue weighted by molar-refractivity contribution is 7.15. The summed E-state index contributed by atoms with van der Waals surface area (Å²) in [6, 6.07) is -0.479. The third-order valence-electron chi connectivity index (χ3n) is 5.79. The van der Waals surface area contributed by atoms with Crippen LogP contribution in [-0.4, -0.2) is 45.0 Å². The van der Waals surface area contributed by atoms with Gasteiger partial charge < -0.3 is 5.32 Å². The highest BCUT2D eigenvalue weighted by Gasteiger charge is 2.52. The van der Waals surface area contributed by atoms with Crippen LogP contribution in [0.3, 0.4) is 0 Å². The van der Waals surface area contributed by atoms with Gasteiger partial charge in [-0.05, 0) is 38.0 Å². The molecule has 2 heterocycles. The van der Waals surface area contributed by atoms with Crippen LogP contribution in [0.4, 0.5) is 9.93 Å². The quantitative estimate of drug-likeness (QED) is 0.509. The van der Waals surface area contributed by atoms with E-state index in [2.05, 4.69) is 34.7 Å². The lowest BCUT2D eigenvalue weighted by atomic mass is 9.75. The molecule has 0 atom stereocenters. The number of carbonyl (C=O) groups excluding carboxylic acids is 3. The summed E-state index contributed by atoms with van der Waals surface area (Å²) in [4.78, 5) is 38.6. The molecule has 1 aliphatic heterocycles. The predicted molar refractivity (Wildman–Crippen MR) is 107 cm³/mol. The predicted octanol–water partition coefficient (Wildman–Crippen LogP) is 3.10. The van der Waals surface area contributed by atoms with E-state index < -0.39 is 17.5 Å². The topological polar surface area (TPSA) is 104 Å². The molecular weight excluding hydrogens is 378 g/mol. The highest BCUT2D eigenvalue weighted by atomic mass is 32.1. The van der Waals surface area contributed by atoms with Gasteiger partial charge in [0.1, 0.15) is 17.1 Å². The van der Waals surface area contributed by atoms with Gasteiger partial charge in [-0.15, -0.1) is 10.2 Å². The van der Waals surface area contributed by atoms with Gasteiger partial charge in [0, 0.05) is 6.42 Å². The van der Waals surface area contributed by atoms with Gasteiger partial charge in [-0.1, -0.05) is 44.4 Å². The summed E-state index contributed by atoms with van der Waals surface area (Å²) in [6.45, 7) is 3.99. The zero-order valence-electron chi connectivity index (χ0n) is 16.6. The van der Waals surface area contributed by atoms with Crippen LogP contribution in [-0.2, 0) is 16.0 Å². The second-order valence-electron chi connectivity index (χ2n) is 7.76. The summed E-state index contributed by atoms with van der Waals surface area (Å²) in [7, 11) is 0. The molecule has 3 rings (SSSR count). The summed E-state index contributed by atoms with van der Waals surface area (Å²) in [5.41, 5.74) is -0.821. The van der Waals surface area contributed by atoms with Crippen LogP contribution in [0.15, 0.2) is 0 Å². The monoisotopic (exact) mass is 407 g/mol.